The second-order valence-corrected chi connectivity index (χ2v) is 5.38. The Morgan fingerprint density at radius 2 is 1.76 bits per heavy atom. The van der Waals surface area contributed by atoms with E-state index in [2.05, 4.69) is 4.98 Å². The van der Waals surface area contributed by atoms with Crippen molar-refractivity contribution in [3.05, 3.63) is 59.7 Å². The Labute approximate surface area is 141 Å². The molecule has 0 fully saturated rings. The highest BCUT2D eigenvalue weighted by atomic mass is 19.4. The van der Waals surface area contributed by atoms with Gasteiger partial charge in [-0.25, -0.2) is 4.98 Å². The first-order valence-corrected chi connectivity index (χ1v) is 7.26. The highest BCUT2D eigenvalue weighted by Crippen LogP contribution is 2.33. The number of nitrogens with two attached hydrogens (primary N) is 1. The minimum absolute atomic E-state index is 0.284. The number of alkyl halides is 3. The molecule has 3 aromatic rings. The molecule has 1 aromatic heterocycles. The molecular formula is C18H13F3N2O2. The zero-order valence-corrected chi connectivity index (χ0v) is 13.1. The molecule has 0 saturated carbocycles. The van der Waals surface area contributed by atoms with Crippen molar-refractivity contribution < 1.29 is 22.7 Å². The molecule has 128 valence electrons. The van der Waals surface area contributed by atoms with E-state index in [-0.39, 0.29) is 5.56 Å². The number of amides is 1. The fourth-order valence-electron chi connectivity index (χ4n) is 2.50. The third kappa shape index (κ3) is 3.26. The molecule has 3 rings (SSSR count). The zero-order valence-electron chi connectivity index (χ0n) is 13.1. The lowest BCUT2D eigenvalue weighted by molar-refractivity contribution is -0.137. The van der Waals surface area contributed by atoms with Crippen LogP contribution in [0.1, 0.15) is 15.9 Å². The highest BCUT2D eigenvalue weighted by molar-refractivity contribution is 5.98. The summed E-state index contributed by atoms with van der Waals surface area (Å²) in [4.78, 5) is 15.8. The van der Waals surface area contributed by atoms with E-state index < -0.39 is 17.6 Å². The van der Waals surface area contributed by atoms with Gasteiger partial charge in [-0.05, 0) is 30.3 Å². The average molecular weight is 346 g/mol. The molecule has 0 atom stereocenters. The molecule has 0 radical (unpaired) electrons. The van der Waals surface area contributed by atoms with Crippen LogP contribution in [0.2, 0.25) is 0 Å². The van der Waals surface area contributed by atoms with Crippen molar-refractivity contribution in [2.75, 3.05) is 7.11 Å². The van der Waals surface area contributed by atoms with E-state index in [1.165, 1.54) is 25.3 Å². The maximum Gasteiger partial charge on any atom is 0.416 e. The standard InChI is InChI=1S/C18H13F3N2O2/c1-25-16-9-14(10-2-5-12(6-3-10)18(19,20)21)23-15-8-11(17(22)24)4-7-13(15)16/h2-9H,1H3,(H2,22,24). The second-order valence-electron chi connectivity index (χ2n) is 5.38. The van der Waals surface area contributed by atoms with Gasteiger partial charge in [-0.1, -0.05) is 12.1 Å². The molecule has 1 amide bonds. The van der Waals surface area contributed by atoms with Crippen LogP contribution in [-0.4, -0.2) is 18.0 Å². The van der Waals surface area contributed by atoms with Gasteiger partial charge in [0.1, 0.15) is 5.75 Å². The molecule has 0 unspecified atom stereocenters. The van der Waals surface area contributed by atoms with Gasteiger partial charge < -0.3 is 10.5 Å². The predicted octanol–water partition coefficient (Wildman–Crippen LogP) is 4.03. The summed E-state index contributed by atoms with van der Waals surface area (Å²) in [6.07, 6.45) is -4.40. The Morgan fingerprint density at radius 1 is 1.08 bits per heavy atom. The predicted molar refractivity (Wildman–Crippen MR) is 87.3 cm³/mol. The van der Waals surface area contributed by atoms with Crippen molar-refractivity contribution in [2.24, 2.45) is 5.73 Å². The lowest BCUT2D eigenvalue weighted by Crippen LogP contribution is -2.10. The summed E-state index contributed by atoms with van der Waals surface area (Å²) in [5.41, 5.74) is 6.22. The monoisotopic (exact) mass is 346 g/mol. The molecule has 0 aliphatic carbocycles. The van der Waals surface area contributed by atoms with Crippen molar-refractivity contribution >= 4 is 16.8 Å². The first-order chi connectivity index (χ1) is 11.8. The lowest BCUT2D eigenvalue weighted by atomic mass is 10.0. The largest absolute Gasteiger partial charge is 0.496 e. The van der Waals surface area contributed by atoms with E-state index in [9.17, 15) is 18.0 Å². The molecule has 0 spiro atoms. The Balaban J connectivity index is 2.14. The topological polar surface area (TPSA) is 65.2 Å². The highest BCUT2D eigenvalue weighted by Gasteiger charge is 2.30. The summed E-state index contributed by atoms with van der Waals surface area (Å²) in [7, 11) is 1.48. The van der Waals surface area contributed by atoms with Crippen molar-refractivity contribution in [2.45, 2.75) is 6.18 Å². The van der Waals surface area contributed by atoms with Crippen LogP contribution in [0.4, 0.5) is 13.2 Å². The van der Waals surface area contributed by atoms with Crippen LogP contribution in [0.25, 0.3) is 22.2 Å². The summed E-state index contributed by atoms with van der Waals surface area (Å²) in [6.45, 7) is 0. The van der Waals surface area contributed by atoms with Crippen molar-refractivity contribution in [3.8, 4) is 17.0 Å². The fourth-order valence-corrected chi connectivity index (χ4v) is 2.50. The van der Waals surface area contributed by atoms with Crippen LogP contribution in [-0.2, 0) is 6.18 Å². The Kier molecular flexibility index (Phi) is 4.08. The minimum Gasteiger partial charge on any atom is -0.496 e. The third-order valence-electron chi connectivity index (χ3n) is 3.78. The molecule has 7 heteroatoms. The number of aromatic nitrogens is 1. The number of methoxy groups -OCH3 is 1. The summed E-state index contributed by atoms with van der Waals surface area (Å²) >= 11 is 0. The van der Waals surface area contributed by atoms with Crippen LogP contribution in [0, 0.1) is 0 Å². The van der Waals surface area contributed by atoms with Gasteiger partial charge in [0, 0.05) is 22.6 Å². The molecule has 0 bridgehead atoms. The van der Waals surface area contributed by atoms with Crippen molar-refractivity contribution in [3.63, 3.8) is 0 Å². The Bertz CT molecular complexity index is 951. The van der Waals surface area contributed by atoms with Gasteiger partial charge in [0.2, 0.25) is 5.91 Å². The number of rotatable bonds is 3. The molecule has 0 aliphatic rings. The Hall–Kier alpha value is -3.09. The number of nitrogens with zero attached hydrogens (tertiary/aromatic N) is 1. The number of carbonyl (C=O) groups is 1. The molecule has 2 aromatic carbocycles. The average Bonchev–Trinajstić information content (AvgIpc) is 2.59. The first-order valence-electron chi connectivity index (χ1n) is 7.26. The van der Waals surface area contributed by atoms with Crippen LogP contribution >= 0.6 is 0 Å². The number of hydrogen-bond acceptors (Lipinski definition) is 3. The normalized spacial score (nSPS) is 11.5. The smallest absolute Gasteiger partial charge is 0.416 e. The molecule has 4 nitrogen and oxygen atoms in total. The van der Waals surface area contributed by atoms with Crippen molar-refractivity contribution in [1.29, 1.82) is 0 Å². The van der Waals surface area contributed by atoms with Crippen LogP contribution in [0.3, 0.4) is 0 Å². The van der Waals surface area contributed by atoms with Gasteiger partial charge in [0.15, 0.2) is 0 Å². The van der Waals surface area contributed by atoms with E-state index in [1.54, 1.807) is 18.2 Å². The van der Waals surface area contributed by atoms with E-state index in [0.717, 1.165) is 12.1 Å². The maximum atomic E-state index is 12.7. The number of pyridine rings is 1. The van der Waals surface area contributed by atoms with Gasteiger partial charge in [-0.15, -0.1) is 0 Å². The van der Waals surface area contributed by atoms with E-state index in [1.807, 2.05) is 0 Å². The molecule has 1 heterocycles. The van der Waals surface area contributed by atoms with Crippen LogP contribution < -0.4 is 10.5 Å². The summed E-state index contributed by atoms with van der Waals surface area (Å²) < 4.78 is 43.4. The third-order valence-corrected chi connectivity index (χ3v) is 3.78. The van der Waals surface area contributed by atoms with Crippen LogP contribution in [0.15, 0.2) is 48.5 Å². The molecule has 25 heavy (non-hydrogen) atoms. The number of primary amides is 1. The van der Waals surface area contributed by atoms with Gasteiger partial charge in [0.05, 0.1) is 23.9 Å². The van der Waals surface area contributed by atoms with Gasteiger partial charge in [0.25, 0.3) is 0 Å². The summed E-state index contributed by atoms with van der Waals surface area (Å²) in [5.74, 6) is -0.0986. The number of ether oxygens (including phenoxy) is 1. The second kappa shape index (κ2) is 6.08. The van der Waals surface area contributed by atoms with E-state index in [0.29, 0.717) is 27.9 Å². The van der Waals surface area contributed by atoms with Crippen molar-refractivity contribution in [1.82, 2.24) is 4.98 Å². The van der Waals surface area contributed by atoms with Gasteiger partial charge in [-0.3, -0.25) is 4.79 Å². The Morgan fingerprint density at radius 3 is 2.32 bits per heavy atom. The number of benzene rings is 2. The summed E-state index contributed by atoms with van der Waals surface area (Å²) in [6, 6.07) is 11.1. The number of fused-ring (bicyclic) bond motifs is 1. The van der Waals surface area contributed by atoms with Gasteiger partial charge in [-0.2, -0.15) is 13.2 Å². The SMILES string of the molecule is COc1cc(-c2ccc(C(F)(F)F)cc2)nc2cc(C(N)=O)ccc12. The number of halogens is 3. The van der Waals surface area contributed by atoms with E-state index >= 15 is 0 Å². The molecule has 0 aliphatic heterocycles. The lowest BCUT2D eigenvalue weighted by Gasteiger charge is -2.11. The van der Waals surface area contributed by atoms with Crippen LogP contribution in [0.5, 0.6) is 5.75 Å². The zero-order chi connectivity index (χ0) is 18.2. The molecular weight excluding hydrogens is 333 g/mol. The van der Waals surface area contributed by atoms with E-state index in [4.69, 9.17) is 10.5 Å². The molecule has 2 N–H and O–H groups in total. The first kappa shape index (κ1) is 16.8. The molecule has 0 saturated heterocycles. The minimum atomic E-state index is -4.40. The number of carbonyl (C=O) groups excluding carboxylic acids is 1. The fraction of sp³-hybridized carbons (Fsp3) is 0.111. The van der Waals surface area contributed by atoms with Gasteiger partial charge >= 0.3 is 6.18 Å². The quantitative estimate of drug-likeness (QED) is 0.779. The number of hydrogen-bond donors (Lipinski definition) is 1. The maximum absolute atomic E-state index is 12.7. The summed E-state index contributed by atoms with van der Waals surface area (Å²) in [5, 5.41) is 0.670.